The average molecular weight is 394 g/mol. The number of aromatic amines is 1. The molecule has 26 heavy (non-hydrogen) atoms. The summed E-state index contributed by atoms with van der Waals surface area (Å²) in [6.45, 7) is 0. The lowest BCUT2D eigenvalue weighted by Gasteiger charge is -2.11. The number of sulfonamides is 1. The summed E-state index contributed by atoms with van der Waals surface area (Å²) in [7, 11) is -3.00. The predicted octanol–water partition coefficient (Wildman–Crippen LogP) is 2.11. The van der Waals surface area contributed by atoms with Crippen LogP contribution in [0.5, 0.6) is 0 Å². The maximum atomic E-state index is 12.7. The zero-order chi connectivity index (χ0) is 18.7. The van der Waals surface area contributed by atoms with Crippen molar-refractivity contribution in [1.82, 2.24) is 20.2 Å². The fraction of sp³-hybridized carbons (Fsp3) is 0.0667. The molecule has 0 fully saturated rings. The Morgan fingerprint density at radius 3 is 2.77 bits per heavy atom. The number of aromatic nitrogens is 4. The van der Waals surface area contributed by atoms with Crippen LogP contribution in [0.3, 0.4) is 0 Å². The molecule has 0 saturated carbocycles. The number of rotatable bonds is 5. The fourth-order valence-corrected chi connectivity index (χ4v) is 3.49. The van der Waals surface area contributed by atoms with Gasteiger partial charge in [0.05, 0.1) is 7.11 Å². The largest absolute Gasteiger partial charge is 0.464 e. The van der Waals surface area contributed by atoms with E-state index < -0.39 is 21.7 Å². The van der Waals surface area contributed by atoms with E-state index in [-0.39, 0.29) is 15.7 Å². The molecule has 2 N–H and O–H groups in total. The van der Waals surface area contributed by atoms with Crippen molar-refractivity contribution < 1.29 is 17.9 Å². The zero-order valence-corrected chi connectivity index (χ0v) is 14.9. The molecule has 0 unspecified atom stereocenters. The molecule has 11 heteroatoms. The van der Waals surface area contributed by atoms with Crippen molar-refractivity contribution in [1.29, 1.82) is 0 Å². The molecule has 2 aromatic heterocycles. The molecule has 0 spiro atoms. The summed E-state index contributed by atoms with van der Waals surface area (Å²) in [5.41, 5.74) is 0.494. The van der Waals surface area contributed by atoms with Crippen LogP contribution in [0.15, 0.2) is 47.6 Å². The minimum absolute atomic E-state index is 0.0309. The Hall–Kier alpha value is -2.98. The van der Waals surface area contributed by atoms with Crippen LogP contribution < -0.4 is 4.72 Å². The van der Waals surface area contributed by atoms with E-state index in [1.165, 1.54) is 18.5 Å². The molecule has 134 valence electrons. The van der Waals surface area contributed by atoms with E-state index in [0.717, 1.165) is 7.11 Å². The van der Waals surface area contributed by atoms with Gasteiger partial charge in [-0.2, -0.15) is 5.10 Å². The van der Waals surface area contributed by atoms with Crippen molar-refractivity contribution in [3.8, 4) is 11.4 Å². The number of hydrogen-bond acceptors (Lipinski definition) is 7. The quantitative estimate of drug-likeness (QED) is 0.502. The Balaban J connectivity index is 1.98. The average Bonchev–Trinajstić information content (AvgIpc) is 3.15. The molecule has 0 atom stereocenters. The van der Waals surface area contributed by atoms with Gasteiger partial charge >= 0.3 is 5.97 Å². The van der Waals surface area contributed by atoms with E-state index in [1.807, 2.05) is 0 Å². The van der Waals surface area contributed by atoms with Crippen LogP contribution in [0.4, 0.5) is 5.69 Å². The minimum Gasteiger partial charge on any atom is -0.464 e. The normalized spacial score (nSPS) is 11.2. The smallest absolute Gasteiger partial charge is 0.358 e. The van der Waals surface area contributed by atoms with Crippen molar-refractivity contribution in [2.75, 3.05) is 11.8 Å². The monoisotopic (exact) mass is 393 g/mol. The Morgan fingerprint density at radius 2 is 2.08 bits per heavy atom. The summed E-state index contributed by atoms with van der Waals surface area (Å²) in [5, 5.41) is 6.41. The second kappa shape index (κ2) is 7.10. The molecule has 0 saturated heterocycles. The molecule has 9 nitrogen and oxygen atoms in total. The fourth-order valence-electron chi connectivity index (χ4n) is 2.17. The van der Waals surface area contributed by atoms with Gasteiger partial charge in [-0.3, -0.25) is 9.82 Å². The third kappa shape index (κ3) is 3.65. The summed E-state index contributed by atoms with van der Waals surface area (Å²) in [5.74, 6) is -0.433. The number of nitrogens with one attached hydrogen (secondary N) is 2. The van der Waals surface area contributed by atoms with E-state index in [1.54, 1.807) is 24.3 Å². The van der Waals surface area contributed by atoms with Gasteiger partial charge in [-0.05, 0) is 24.3 Å². The molecule has 0 aliphatic heterocycles. The zero-order valence-electron chi connectivity index (χ0n) is 13.3. The summed E-state index contributed by atoms with van der Waals surface area (Å²) in [6.07, 6.45) is 1.34. The van der Waals surface area contributed by atoms with Gasteiger partial charge in [0, 0.05) is 11.3 Å². The molecule has 0 aliphatic rings. The van der Waals surface area contributed by atoms with Gasteiger partial charge in [-0.15, -0.1) is 0 Å². The lowest BCUT2D eigenvalue weighted by atomic mass is 10.2. The van der Waals surface area contributed by atoms with Crippen molar-refractivity contribution in [3.63, 3.8) is 0 Å². The number of ether oxygens (including phenoxy) is 1. The minimum atomic E-state index is -4.12. The number of halogens is 1. The molecule has 0 radical (unpaired) electrons. The molecule has 3 aromatic rings. The molecular weight excluding hydrogens is 382 g/mol. The Labute approximate surface area is 153 Å². The molecule has 2 heterocycles. The van der Waals surface area contributed by atoms with Gasteiger partial charge in [-0.1, -0.05) is 23.7 Å². The second-order valence-electron chi connectivity index (χ2n) is 4.99. The highest BCUT2D eigenvalue weighted by atomic mass is 35.5. The Morgan fingerprint density at radius 1 is 1.27 bits per heavy atom. The van der Waals surface area contributed by atoms with E-state index in [9.17, 15) is 13.2 Å². The maximum Gasteiger partial charge on any atom is 0.358 e. The van der Waals surface area contributed by atoms with E-state index in [0.29, 0.717) is 11.4 Å². The van der Waals surface area contributed by atoms with Gasteiger partial charge in [-0.25, -0.2) is 23.2 Å². The van der Waals surface area contributed by atoms with Gasteiger partial charge < -0.3 is 4.74 Å². The number of esters is 1. The van der Waals surface area contributed by atoms with E-state index in [2.05, 4.69) is 29.6 Å². The number of nitrogens with zero attached hydrogens (tertiary/aromatic N) is 3. The topological polar surface area (TPSA) is 127 Å². The third-order valence-electron chi connectivity index (χ3n) is 3.30. The molecule has 3 rings (SSSR count). The number of carbonyl (C=O) groups excluding carboxylic acids is 1. The molecule has 1 aromatic carbocycles. The molecule has 0 amide bonds. The summed E-state index contributed by atoms with van der Waals surface area (Å²) >= 11 is 5.76. The number of hydrogen-bond donors (Lipinski definition) is 2. The Bertz CT molecular complexity index is 1050. The van der Waals surface area contributed by atoms with Crippen molar-refractivity contribution >= 4 is 33.3 Å². The molecular formula is C15H12ClN5O4S. The highest BCUT2D eigenvalue weighted by Gasteiger charge is 2.25. The first kappa shape index (κ1) is 17.8. The van der Waals surface area contributed by atoms with Gasteiger partial charge in [0.25, 0.3) is 10.0 Å². The predicted molar refractivity (Wildman–Crippen MR) is 93.2 cm³/mol. The number of pyridine rings is 1. The second-order valence-corrected chi connectivity index (χ2v) is 7.03. The number of H-pyrrole nitrogens is 1. The summed E-state index contributed by atoms with van der Waals surface area (Å²) < 4.78 is 32.4. The van der Waals surface area contributed by atoms with Gasteiger partial charge in [0.2, 0.25) is 0 Å². The van der Waals surface area contributed by atoms with Crippen LogP contribution >= 0.6 is 11.6 Å². The highest BCUT2D eigenvalue weighted by Crippen LogP contribution is 2.24. The lowest BCUT2D eigenvalue weighted by Crippen LogP contribution is -2.19. The SMILES string of the molecule is COC(=O)c1nc(Cl)ccc1S(=O)(=O)Nc1cccc(-c2ncn[nH]2)c1. The first-order valence-corrected chi connectivity index (χ1v) is 9.00. The summed E-state index contributed by atoms with van der Waals surface area (Å²) in [4.78, 5) is 19.3. The number of anilines is 1. The molecule has 0 aliphatic carbocycles. The molecule has 0 bridgehead atoms. The van der Waals surface area contributed by atoms with E-state index in [4.69, 9.17) is 11.6 Å². The van der Waals surface area contributed by atoms with Gasteiger partial charge in [0.1, 0.15) is 16.4 Å². The van der Waals surface area contributed by atoms with Crippen molar-refractivity contribution in [2.24, 2.45) is 0 Å². The van der Waals surface area contributed by atoms with Crippen LogP contribution in [-0.4, -0.2) is 41.7 Å². The maximum absolute atomic E-state index is 12.7. The lowest BCUT2D eigenvalue weighted by molar-refractivity contribution is 0.0589. The van der Waals surface area contributed by atoms with E-state index >= 15 is 0 Å². The van der Waals surface area contributed by atoms with Gasteiger partial charge in [0.15, 0.2) is 11.5 Å². The van der Waals surface area contributed by atoms with Crippen molar-refractivity contribution in [2.45, 2.75) is 4.90 Å². The van der Waals surface area contributed by atoms with Crippen LogP contribution in [0, 0.1) is 0 Å². The number of carbonyl (C=O) groups is 1. The first-order chi connectivity index (χ1) is 12.4. The number of methoxy groups -OCH3 is 1. The summed E-state index contributed by atoms with van der Waals surface area (Å²) in [6, 6.07) is 8.97. The standard InChI is InChI=1S/C15H12ClN5O4S/c1-25-15(22)13-11(5-6-12(16)19-13)26(23,24)21-10-4-2-3-9(7-10)14-17-8-18-20-14/h2-8,21H,1H3,(H,17,18,20). The van der Waals surface area contributed by atoms with Crippen LogP contribution in [0.2, 0.25) is 5.15 Å². The first-order valence-electron chi connectivity index (χ1n) is 7.14. The van der Waals surface area contributed by atoms with Crippen molar-refractivity contribution in [3.05, 3.63) is 53.6 Å². The Kier molecular flexibility index (Phi) is 4.87. The van der Waals surface area contributed by atoms with Crippen LogP contribution in [0.1, 0.15) is 10.5 Å². The highest BCUT2D eigenvalue weighted by molar-refractivity contribution is 7.92. The number of benzene rings is 1. The van der Waals surface area contributed by atoms with Crippen LogP contribution in [-0.2, 0) is 14.8 Å². The third-order valence-corrected chi connectivity index (χ3v) is 4.92. The van der Waals surface area contributed by atoms with Crippen LogP contribution in [0.25, 0.3) is 11.4 Å².